The molecule has 0 unspecified atom stereocenters. The number of sulfonamides is 1. The van der Waals surface area contributed by atoms with Crippen LogP contribution in [0.5, 0.6) is 0 Å². The van der Waals surface area contributed by atoms with Crippen molar-refractivity contribution in [3.63, 3.8) is 0 Å². The number of nitrogens with zero attached hydrogens (tertiary/aromatic N) is 3. The summed E-state index contributed by atoms with van der Waals surface area (Å²) in [4.78, 5) is 16.7. The van der Waals surface area contributed by atoms with Crippen LogP contribution >= 0.6 is 0 Å². The third-order valence-electron chi connectivity index (χ3n) is 3.81. The zero-order chi connectivity index (χ0) is 19.6. The number of nitrogens with one attached hydrogen (secondary N) is 1. The van der Waals surface area contributed by atoms with Crippen molar-refractivity contribution in [1.82, 2.24) is 14.4 Å². The van der Waals surface area contributed by atoms with Crippen LogP contribution in [-0.2, 0) is 10.0 Å². The van der Waals surface area contributed by atoms with E-state index in [-0.39, 0.29) is 10.8 Å². The molecule has 140 valence electrons. The maximum Gasteiger partial charge on any atom is 0.257 e. The van der Waals surface area contributed by atoms with Crippen molar-refractivity contribution < 1.29 is 17.7 Å². The number of hydrogen-bond donors (Lipinski definition) is 1. The van der Waals surface area contributed by atoms with E-state index in [1.54, 1.807) is 43.3 Å². The first-order chi connectivity index (χ1) is 12.8. The molecule has 1 amide bonds. The normalized spacial score (nSPS) is 11.6. The molecule has 0 aliphatic carbocycles. The average Bonchev–Trinajstić information content (AvgIpc) is 3.08. The van der Waals surface area contributed by atoms with Crippen LogP contribution in [0.15, 0.2) is 57.9 Å². The van der Waals surface area contributed by atoms with E-state index in [4.69, 9.17) is 4.52 Å². The number of aromatic nitrogens is 2. The minimum atomic E-state index is -3.50. The zero-order valence-electron chi connectivity index (χ0n) is 15.0. The average molecular weight is 386 g/mol. The minimum absolute atomic E-state index is 0.157. The van der Waals surface area contributed by atoms with Gasteiger partial charge in [0.25, 0.3) is 11.8 Å². The van der Waals surface area contributed by atoms with Crippen molar-refractivity contribution in [2.45, 2.75) is 11.8 Å². The molecule has 0 saturated heterocycles. The Morgan fingerprint density at radius 3 is 2.19 bits per heavy atom. The van der Waals surface area contributed by atoms with Gasteiger partial charge in [0, 0.05) is 30.9 Å². The summed E-state index contributed by atoms with van der Waals surface area (Å²) < 4.78 is 30.3. The molecule has 1 heterocycles. The molecule has 0 fully saturated rings. The monoisotopic (exact) mass is 386 g/mol. The molecule has 3 rings (SSSR count). The first kappa shape index (κ1) is 18.7. The molecule has 1 N–H and O–H groups in total. The first-order valence-corrected chi connectivity index (χ1v) is 9.46. The SMILES string of the molecule is Cc1noc(-c2ccc(C(=O)Nc3ccc(S(=O)(=O)N(C)C)cc3)cc2)n1. The Morgan fingerprint density at radius 2 is 1.67 bits per heavy atom. The Morgan fingerprint density at radius 1 is 1.04 bits per heavy atom. The van der Waals surface area contributed by atoms with Gasteiger partial charge in [-0.15, -0.1) is 0 Å². The second kappa shape index (κ2) is 7.29. The summed E-state index contributed by atoms with van der Waals surface area (Å²) in [5.41, 5.74) is 1.65. The number of hydrogen-bond acceptors (Lipinski definition) is 6. The number of carbonyl (C=O) groups is 1. The molecular weight excluding hydrogens is 368 g/mol. The summed E-state index contributed by atoms with van der Waals surface area (Å²) in [5, 5.41) is 6.46. The van der Waals surface area contributed by atoms with E-state index < -0.39 is 10.0 Å². The van der Waals surface area contributed by atoms with Gasteiger partial charge in [0.1, 0.15) is 0 Å². The molecule has 0 radical (unpaired) electrons. The second-order valence-electron chi connectivity index (χ2n) is 5.99. The van der Waals surface area contributed by atoms with Crippen molar-refractivity contribution in [2.24, 2.45) is 0 Å². The fourth-order valence-corrected chi connectivity index (χ4v) is 3.20. The van der Waals surface area contributed by atoms with Gasteiger partial charge in [0.05, 0.1) is 4.90 Å². The quantitative estimate of drug-likeness (QED) is 0.722. The van der Waals surface area contributed by atoms with Crippen LogP contribution in [0.1, 0.15) is 16.2 Å². The number of aryl methyl sites for hydroxylation is 1. The maximum absolute atomic E-state index is 12.4. The smallest absolute Gasteiger partial charge is 0.257 e. The Labute approximate surface area is 156 Å². The van der Waals surface area contributed by atoms with Crippen LogP contribution < -0.4 is 5.32 Å². The van der Waals surface area contributed by atoms with Gasteiger partial charge in [-0.1, -0.05) is 5.16 Å². The van der Waals surface area contributed by atoms with E-state index >= 15 is 0 Å². The summed E-state index contributed by atoms with van der Waals surface area (Å²) in [7, 11) is -0.578. The minimum Gasteiger partial charge on any atom is -0.334 e. The molecule has 2 aromatic carbocycles. The highest BCUT2D eigenvalue weighted by Gasteiger charge is 2.17. The topological polar surface area (TPSA) is 105 Å². The van der Waals surface area contributed by atoms with Crippen LogP contribution in [-0.4, -0.2) is 42.9 Å². The lowest BCUT2D eigenvalue weighted by Gasteiger charge is -2.12. The molecular formula is C18H18N4O4S. The zero-order valence-corrected chi connectivity index (χ0v) is 15.8. The molecule has 0 aliphatic heterocycles. The predicted octanol–water partition coefficient (Wildman–Crippen LogP) is 2.55. The Kier molecular flexibility index (Phi) is 5.06. The Bertz CT molecular complexity index is 1060. The van der Waals surface area contributed by atoms with Crippen LogP contribution in [0.3, 0.4) is 0 Å². The molecule has 0 spiro atoms. The molecule has 0 bridgehead atoms. The van der Waals surface area contributed by atoms with Gasteiger partial charge in [0.15, 0.2) is 5.82 Å². The van der Waals surface area contributed by atoms with Gasteiger partial charge in [-0.2, -0.15) is 4.98 Å². The molecule has 0 aliphatic rings. The number of rotatable bonds is 5. The predicted molar refractivity (Wildman–Crippen MR) is 99.7 cm³/mol. The van der Waals surface area contributed by atoms with E-state index in [0.29, 0.717) is 28.5 Å². The lowest BCUT2D eigenvalue weighted by atomic mass is 10.1. The molecule has 1 aromatic heterocycles. The molecule has 27 heavy (non-hydrogen) atoms. The van der Waals surface area contributed by atoms with E-state index in [0.717, 1.165) is 4.31 Å². The molecule has 0 saturated carbocycles. The van der Waals surface area contributed by atoms with Crippen LogP contribution in [0.2, 0.25) is 0 Å². The highest BCUT2D eigenvalue weighted by molar-refractivity contribution is 7.89. The van der Waals surface area contributed by atoms with E-state index in [1.165, 1.54) is 26.2 Å². The second-order valence-corrected chi connectivity index (χ2v) is 8.14. The lowest BCUT2D eigenvalue weighted by molar-refractivity contribution is 0.102. The van der Waals surface area contributed by atoms with Crippen LogP contribution in [0.25, 0.3) is 11.5 Å². The maximum atomic E-state index is 12.4. The highest BCUT2D eigenvalue weighted by Crippen LogP contribution is 2.20. The van der Waals surface area contributed by atoms with Crippen molar-refractivity contribution in [2.75, 3.05) is 19.4 Å². The summed E-state index contributed by atoms with van der Waals surface area (Å²) in [5.74, 6) is 0.607. The molecule has 9 heteroatoms. The number of carbonyl (C=O) groups excluding carboxylic acids is 1. The van der Waals surface area contributed by atoms with Gasteiger partial charge in [-0.05, 0) is 55.5 Å². The Balaban J connectivity index is 1.72. The van der Waals surface area contributed by atoms with E-state index in [2.05, 4.69) is 15.5 Å². The molecule has 0 atom stereocenters. The summed E-state index contributed by atoms with van der Waals surface area (Å²) in [6.45, 7) is 1.73. The summed E-state index contributed by atoms with van der Waals surface area (Å²) in [6, 6.07) is 12.7. The molecule has 8 nitrogen and oxygen atoms in total. The van der Waals surface area contributed by atoms with E-state index in [1.807, 2.05) is 0 Å². The third-order valence-corrected chi connectivity index (χ3v) is 5.64. The van der Waals surface area contributed by atoms with Crippen molar-refractivity contribution in [3.05, 3.63) is 59.9 Å². The summed E-state index contributed by atoms with van der Waals surface area (Å²) in [6.07, 6.45) is 0. The van der Waals surface area contributed by atoms with Gasteiger partial charge in [-0.3, -0.25) is 4.79 Å². The largest absolute Gasteiger partial charge is 0.334 e. The van der Waals surface area contributed by atoms with E-state index in [9.17, 15) is 13.2 Å². The van der Waals surface area contributed by atoms with Gasteiger partial charge in [0.2, 0.25) is 10.0 Å². The van der Waals surface area contributed by atoms with Crippen molar-refractivity contribution >= 4 is 21.6 Å². The van der Waals surface area contributed by atoms with Gasteiger partial charge >= 0.3 is 0 Å². The highest BCUT2D eigenvalue weighted by atomic mass is 32.2. The van der Waals surface area contributed by atoms with Gasteiger partial charge < -0.3 is 9.84 Å². The van der Waals surface area contributed by atoms with Crippen molar-refractivity contribution in [3.8, 4) is 11.5 Å². The van der Waals surface area contributed by atoms with Gasteiger partial charge in [-0.25, -0.2) is 12.7 Å². The van der Waals surface area contributed by atoms with Crippen LogP contribution in [0, 0.1) is 6.92 Å². The fourth-order valence-electron chi connectivity index (χ4n) is 2.30. The fraction of sp³-hybridized carbons (Fsp3) is 0.167. The first-order valence-electron chi connectivity index (χ1n) is 8.02. The summed E-state index contributed by atoms with van der Waals surface area (Å²) >= 11 is 0. The third kappa shape index (κ3) is 4.04. The number of amides is 1. The Hall–Kier alpha value is -3.04. The lowest BCUT2D eigenvalue weighted by Crippen LogP contribution is -2.22. The number of benzene rings is 2. The molecule has 3 aromatic rings. The van der Waals surface area contributed by atoms with Crippen molar-refractivity contribution in [1.29, 1.82) is 0 Å². The standard InChI is InChI=1S/C18H18N4O4S/c1-12-19-18(26-21-12)14-6-4-13(5-7-14)17(23)20-15-8-10-16(11-9-15)27(24,25)22(2)3/h4-11H,1-3H3,(H,20,23). The number of anilines is 1. The van der Waals surface area contributed by atoms with Crippen LogP contribution in [0.4, 0.5) is 5.69 Å².